The van der Waals surface area contributed by atoms with Crippen LogP contribution < -0.4 is 11.0 Å². The molecule has 0 unspecified atom stereocenters. The smallest absolute Gasteiger partial charge is 0.348 e. The molecule has 0 saturated carbocycles. The van der Waals surface area contributed by atoms with E-state index in [9.17, 15) is 4.79 Å². The van der Waals surface area contributed by atoms with Crippen molar-refractivity contribution >= 4 is 11.5 Å². The van der Waals surface area contributed by atoms with Crippen molar-refractivity contribution in [3.8, 4) is 0 Å². The second-order valence-electron chi connectivity index (χ2n) is 6.13. The first-order valence-corrected chi connectivity index (χ1v) is 7.99. The lowest BCUT2D eigenvalue weighted by Crippen LogP contribution is -2.28. The maximum absolute atomic E-state index is 12.0. The molecular formula is C17H22N6O. The molecule has 0 aliphatic carbocycles. The Morgan fingerprint density at radius 2 is 1.75 bits per heavy atom. The SMILES string of the molecule is Cc1cc(C)n(CCNc2cc(C)nc3c(C)c(C)nn23)c(=O)n1. The summed E-state index contributed by atoms with van der Waals surface area (Å²) in [7, 11) is 0. The summed E-state index contributed by atoms with van der Waals surface area (Å²) in [6.45, 7) is 10.9. The normalized spacial score (nSPS) is 11.2. The van der Waals surface area contributed by atoms with Crippen molar-refractivity contribution in [3.63, 3.8) is 0 Å². The van der Waals surface area contributed by atoms with Gasteiger partial charge in [-0.2, -0.15) is 14.6 Å². The molecule has 7 nitrogen and oxygen atoms in total. The van der Waals surface area contributed by atoms with Crippen LogP contribution in [0.2, 0.25) is 0 Å². The average molecular weight is 326 g/mol. The fourth-order valence-electron chi connectivity index (χ4n) is 2.82. The van der Waals surface area contributed by atoms with E-state index in [0.29, 0.717) is 13.1 Å². The number of hydrogen-bond donors (Lipinski definition) is 1. The van der Waals surface area contributed by atoms with Crippen LogP contribution in [-0.2, 0) is 6.54 Å². The van der Waals surface area contributed by atoms with Crippen LogP contribution in [-0.4, -0.2) is 30.7 Å². The van der Waals surface area contributed by atoms with Crippen LogP contribution in [0.3, 0.4) is 0 Å². The van der Waals surface area contributed by atoms with Crippen LogP contribution in [0.1, 0.15) is 28.3 Å². The quantitative estimate of drug-likeness (QED) is 0.793. The van der Waals surface area contributed by atoms with Crippen LogP contribution in [0.5, 0.6) is 0 Å². The van der Waals surface area contributed by atoms with Crippen molar-refractivity contribution in [1.29, 1.82) is 0 Å². The molecule has 0 atom stereocenters. The third-order valence-corrected chi connectivity index (χ3v) is 4.17. The fraction of sp³-hybridized carbons (Fsp3) is 0.412. The molecule has 0 bridgehead atoms. The third-order valence-electron chi connectivity index (χ3n) is 4.17. The summed E-state index contributed by atoms with van der Waals surface area (Å²) < 4.78 is 3.49. The first-order valence-electron chi connectivity index (χ1n) is 7.99. The molecule has 3 aromatic heterocycles. The van der Waals surface area contributed by atoms with E-state index < -0.39 is 0 Å². The van der Waals surface area contributed by atoms with Crippen molar-refractivity contribution in [2.24, 2.45) is 0 Å². The summed E-state index contributed by atoms with van der Waals surface area (Å²) in [6.07, 6.45) is 0. The molecule has 0 spiro atoms. The first-order chi connectivity index (χ1) is 11.4. The summed E-state index contributed by atoms with van der Waals surface area (Å²) in [6, 6.07) is 3.87. The molecule has 3 heterocycles. The maximum atomic E-state index is 12.0. The molecule has 0 fully saturated rings. The van der Waals surface area contributed by atoms with Gasteiger partial charge in [0, 0.05) is 41.8 Å². The van der Waals surface area contributed by atoms with Gasteiger partial charge in [-0.25, -0.2) is 9.78 Å². The number of aryl methyl sites for hydroxylation is 5. The first kappa shape index (κ1) is 16.2. The highest BCUT2D eigenvalue weighted by molar-refractivity contribution is 5.55. The molecule has 3 rings (SSSR count). The lowest BCUT2D eigenvalue weighted by Gasteiger charge is -2.12. The Labute approximate surface area is 140 Å². The topological polar surface area (TPSA) is 77.1 Å². The molecule has 0 aromatic carbocycles. The summed E-state index contributed by atoms with van der Waals surface area (Å²) in [5.74, 6) is 0.875. The standard InChI is InChI=1S/C17H22N6O/c1-10-8-12(3)22(17(24)20-10)7-6-18-15-9-11(2)19-16-13(4)14(5)21-23(15)16/h8-9,18H,6-7H2,1-5H3. The van der Waals surface area contributed by atoms with Crippen molar-refractivity contribution < 1.29 is 0 Å². The number of fused-ring (bicyclic) bond motifs is 1. The van der Waals surface area contributed by atoms with Crippen LogP contribution in [0.15, 0.2) is 16.9 Å². The minimum absolute atomic E-state index is 0.212. The highest BCUT2D eigenvalue weighted by Gasteiger charge is 2.11. The van der Waals surface area contributed by atoms with Crippen LogP contribution in [0.4, 0.5) is 5.82 Å². The molecule has 0 radical (unpaired) electrons. The van der Waals surface area contributed by atoms with Crippen molar-refractivity contribution in [1.82, 2.24) is 24.1 Å². The monoisotopic (exact) mass is 326 g/mol. The lowest BCUT2D eigenvalue weighted by molar-refractivity contribution is 0.645. The van der Waals surface area contributed by atoms with Crippen molar-refractivity contribution in [2.45, 2.75) is 41.2 Å². The minimum Gasteiger partial charge on any atom is -0.368 e. The van der Waals surface area contributed by atoms with E-state index in [1.165, 1.54) is 0 Å². The van der Waals surface area contributed by atoms with Gasteiger partial charge in [-0.05, 0) is 40.7 Å². The van der Waals surface area contributed by atoms with Gasteiger partial charge in [-0.15, -0.1) is 0 Å². The molecule has 3 aromatic rings. The van der Waals surface area contributed by atoms with E-state index >= 15 is 0 Å². The highest BCUT2D eigenvalue weighted by Crippen LogP contribution is 2.18. The van der Waals surface area contributed by atoms with E-state index in [0.717, 1.165) is 39.8 Å². The van der Waals surface area contributed by atoms with Gasteiger partial charge in [-0.1, -0.05) is 0 Å². The minimum atomic E-state index is -0.212. The highest BCUT2D eigenvalue weighted by atomic mass is 16.1. The van der Waals surface area contributed by atoms with E-state index in [2.05, 4.69) is 20.4 Å². The summed E-state index contributed by atoms with van der Waals surface area (Å²) >= 11 is 0. The Morgan fingerprint density at radius 1 is 1.04 bits per heavy atom. The van der Waals surface area contributed by atoms with E-state index in [4.69, 9.17) is 0 Å². The molecule has 0 amide bonds. The zero-order valence-electron chi connectivity index (χ0n) is 14.7. The maximum Gasteiger partial charge on any atom is 0.348 e. The molecule has 0 aliphatic heterocycles. The number of rotatable bonds is 4. The number of nitrogens with zero attached hydrogens (tertiary/aromatic N) is 5. The Hall–Kier alpha value is -2.70. The van der Waals surface area contributed by atoms with Gasteiger partial charge in [-0.3, -0.25) is 4.57 Å². The van der Waals surface area contributed by atoms with Crippen LogP contribution >= 0.6 is 0 Å². The van der Waals surface area contributed by atoms with E-state index in [1.54, 1.807) is 4.57 Å². The van der Waals surface area contributed by atoms with E-state index in [1.807, 2.05) is 51.3 Å². The van der Waals surface area contributed by atoms with Crippen molar-refractivity contribution in [2.75, 3.05) is 11.9 Å². The largest absolute Gasteiger partial charge is 0.368 e. The Morgan fingerprint density at radius 3 is 2.46 bits per heavy atom. The molecule has 1 N–H and O–H groups in total. The van der Waals surface area contributed by atoms with Gasteiger partial charge in [0.05, 0.1) is 5.69 Å². The predicted molar refractivity (Wildman–Crippen MR) is 93.7 cm³/mol. The van der Waals surface area contributed by atoms with Gasteiger partial charge < -0.3 is 5.32 Å². The zero-order chi connectivity index (χ0) is 17.4. The number of nitrogens with one attached hydrogen (secondary N) is 1. The molecule has 0 aliphatic rings. The van der Waals surface area contributed by atoms with E-state index in [-0.39, 0.29) is 5.69 Å². The van der Waals surface area contributed by atoms with Gasteiger partial charge in [0.2, 0.25) is 0 Å². The zero-order valence-corrected chi connectivity index (χ0v) is 14.7. The summed E-state index contributed by atoms with van der Waals surface area (Å²) in [4.78, 5) is 20.6. The molecule has 24 heavy (non-hydrogen) atoms. The molecular weight excluding hydrogens is 304 g/mol. The second kappa shape index (κ2) is 6.07. The third kappa shape index (κ3) is 2.89. The molecule has 126 valence electrons. The number of aromatic nitrogens is 5. The Balaban J connectivity index is 1.84. The predicted octanol–water partition coefficient (Wildman–Crippen LogP) is 1.94. The van der Waals surface area contributed by atoms with Gasteiger partial charge in [0.1, 0.15) is 5.82 Å². The second-order valence-corrected chi connectivity index (χ2v) is 6.13. The van der Waals surface area contributed by atoms with Gasteiger partial charge >= 0.3 is 5.69 Å². The van der Waals surface area contributed by atoms with Crippen LogP contribution in [0.25, 0.3) is 5.65 Å². The lowest BCUT2D eigenvalue weighted by atomic mass is 10.3. The number of hydrogen-bond acceptors (Lipinski definition) is 5. The van der Waals surface area contributed by atoms with Crippen LogP contribution in [0, 0.1) is 34.6 Å². The fourth-order valence-corrected chi connectivity index (χ4v) is 2.82. The van der Waals surface area contributed by atoms with Gasteiger partial charge in [0.15, 0.2) is 5.65 Å². The molecule has 0 saturated heterocycles. The summed E-state index contributed by atoms with van der Waals surface area (Å²) in [5, 5.41) is 7.90. The summed E-state index contributed by atoms with van der Waals surface area (Å²) in [5.41, 5.74) is 5.28. The average Bonchev–Trinajstić information content (AvgIpc) is 2.77. The van der Waals surface area contributed by atoms with Crippen molar-refractivity contribution in [3.05, 3.63) is 51.0 Å². The Kier molecular flexibility index (Phi) is 4.09. The molecule has 7 heteroatoms. The number of anilines is 1. The van der Waals surface area contributed by atoms with Gasteiger partial charge in [0.25, 0.3) is 0 Å². The Bertz CT molecular complexity index is 969.